The highest BCUT2D eigenvalue weighted by Crippen LogP contribution is 2.28. The fourth-order valence-corrected chi connectivity index (χ4v) is 6.95. The number of ether oxygens (including phenoxy) is 1. The summed E-state index contributed by atoms with van der Waals surface area (Å²) in [4.78, 5) is 30.0. The van der Waals surface area contributed by atoms with Crippen LogP contribution in [0.5, 0.6) is 5.75 Å². The van der Waals surface area contributed by atoms with E-state index >= 15 is 0 Å². The van der Waals surface area contributed by atoms with Gasteiger partial charge in [0, 0.05) is 28.5 Å². The number of carbonyl (C=O) groups is 2. The maximum absolute atomic E-state index is 14.6. The minimum atomic E-state index is -4.25. The number of amides is 2. The molecule has 2 amide bonds. The second-order valence-corrected chi connectivity index (χ2v) is 14.3. The van der Waals surface area contributed by atoms with Gasteiger partial charge in [0.25, 0.3) is 10.0 Å². The maximum atomic E-state index is 14.6. The number of hydrogen-bond acceptors (Lipinski definition) is 5. The van der Waals surface area contributed by atoms with Gasteiger partial charge in [0.05, 0.1) is 17.2 Å². The van der Waals surface area contributed by atoms with E-state index in [0.717, 1.165) is 19.9 Å². The number of sulfonamides is 1. The highest BCUT2D eigenvalue weighted by atomic mass is 79.9. The van der Waals surface area contributed by atoms with Gasteiger partial charge in [-0.05, 0) is 92.1 Å². The van der Waals surface area contributed by atoms with E-state index in [0.29, 0.717) is 23.8 Å². The molecule has 0 bridgehead atoms. The minimum absolute atomic E-state index is 0.0301. The standard InChI is InChI=1S/C36H39BrClN3O5S/c1-4-26(3)39-36(43)34(23-27-10-7-6-8-11-27)40(24-28-12-9-13-29(37)22-28)35(42)25-41(31-16-18-32(19-17-31)46-5-2)47(44,45)33-20-14-30(38)15-21-33/h6-22,26,34H,4-5,23-25H2,1-3H3,(H,39,43)/t26-,34+/m0/s1. The molecule has 0 fully saturated rings. The predicted molar refractivity (Wildman–Crippen MR) is 190 cm³/mol. The van der Waals surface area contributed by atoms with Gasteiger partial charge in [0.1, 0.15) is 18.3 Å². The molecule has 8 nitrogen and oxygen atoms in total. The van der Waals surface area contributed by atoms with Crippen LogP contribution in [0, 0.1) is 0 Å². The molecule has 2 atom stereocenters. The quantitative estimate of drug-likeness (QED) is 0.139. The van der Waals surface area contributed by atoms with Crippen LogP contribution in [0.25, 0.3) is 0 Å². The molecule has 0 unspecified atom stereocenters. The van der Waals surface area contributed by atoms with Crippen molar-refractivity contribution in [2.75, 3.05) is 17.5 Å². The summed E-state index contributed by atoms with van der Waals surface area (Å²) in [6.45, 7) is 5.68. The zero-order valence-electron chi connectivity index (χ0n) is 26.6. The van der Waals surface area contributed by atoms with Crippen molar-refractivity contribution in [3.63, 3.8) is 0 Å². The molecule has 47 heavy (non-hydrogen) atoms. The average molecular weight is 741 g/mol. The summed E-state index contributed by atoms with van der Waals surface area (Å²) in [6, 6.07) is 28.2. The number of nitrogens with zero attached hydrogens (tertiary/aromatic N) is 2. The highest BCUT2D eigenvalue weighted by Gasteiger charge is 2.35. The smallest absolute Gasteiger partial charge is 0.264 e. The monoisotopic (exact) mass is 739 g/mol. The second-order valence-electron chi connectivity index (χ2n) is 11.1. The van der Waals surface area contributed by atoms with Gasteiger partial charge < -0.3 is 15.0 Å². The predicted octanol–water partition coefficient (Wildman–Crippen LogP) is 7.25. The van der Waals surface area contributed by atoms with E-state index in [1.807, 2.05) is 75.4 Å². The largest absolute Gasteiger partial charge is 0.494 e. The van der Waals surface area contributed by atoms with E-state index in [1.165, 1.54) is 29.2 Å². The van der Waals surface area contributed by atoms with Crippen molar-refractivity contribution in [1.29, 1.82) is 0 Å². The third-order valence-electron chi connectivity index (χ3n) is 7.63. The minimum Gasteiger partial charge on any atom is -0.494 e. The van der Waals surface area contributed by atoms with Crippen molar-refractivity contribution in [2.24, 2.45) is 0 Å². The molecule has 0 spiro atoms. The summed E-state index contributed by atoms with van der Waals surface area (Å²) in [5, 5.41) is 3.43. The van der Waals surface area contributed by atoms with Gasteiger partial charge in [-0.15, -0.1) is 0 Å². The Kier molecular flexibility index (Phi) is 12.9. The first-order valence-electron chi connectivity index (χ1n) is 15.4. The third-order valence-corrected chi connectivity index (χ3v) is 10.2. The van der Waals surface area contributed by atoms with Crippen LogP contribution >= 0.6 is 27.5 Å². The fraction of sp³-hybridized carbons (Fsp3) is 0.278. The fourth-order valence-electron chi connectivity index (χ4n) is 4.96. The van der Waals surface area contributed by atoms with Crippen LogP contribution in [0.15, 0.2) is 112 Å². The molecule has 0 saturated heterocycles. The lowest BCUT2D eigenvalue weighted by Crippen LogP contribution is -2.54. The van der Waals surface area contributed by atoms with Crippen molar-refractivity contribution >= 4 is 55.1 Å². The molecule has 11 heteroatoms. The maximum Gasteiger partial charge on any atom is 0.264 e. The van der Waals surface area contributed by atoms with Crippen molar-refractivity contribution in [1.82, 2.24) is 10.2 Å². The van der Waals surface area contributed by atoms with Gasteiger partial charge in [-0.25, -0.2) is 8.42 Å². The van der Waals surface area contributed by atoms with E-state index in [-0.39, 0.29) is 35.5 Å². The zero-order valence-corrected chi connectivity index (χ0v) is 29.8. The number of carbonyl (C=O) groups excluding carboxylic acids is 2. The summed E-state index contributed by atoms with van der Waals surface area (Å²) >= 11 is 9.58. The lowest BCUT2D eigenvalue weighted by Gasteiger charge is -2.34. The van der Waals surface area contributed by atoms with Crippen LogP contribution < -0.4 is 14.4 Å². The van der Waals surface area contributed by atoms with Gasteiger partial charge in [-0.2, -0.15) is 0 Å². The molecule has 0 aliphatic heterocycles. The first kappa shape index (κ1) is 36.0. The lowest BCUT2D eigenvalue weighted by atomic mass is 10.0. The summed E-state index contributed by atoms with van der Waals surface area (Å²) in [7, 11) is -4.25. The summed E-state index contributed by atoms with van der Waals surface area (Å²) in [5.41, 5.74) is 1.90. The number of benzene rings is 4. The number of halogens is 2. The molecule has 0 radical (unpaired) electrons. The van der Waals surface area contributed by atoms with Gasteiger partial charge in [-0.1, -0.05) is 76.9 Å². The number of rotatable bonds is 15. The molecule has 4 rings (SSSR count). The molecule has 248 valence electrons. The first-order valence-corrected chi connectivity index (χ1v) is 18.0. The molecule has 0 aliphatic rings. The van der Waals surface area contributed by atoms with Crippen LogP contribution in [-0.2, 0) is 32.6 Å². The Bertz CT molecular complexity index is 1740. The van der Waals surface area contributed by atoms with Gasteiger partial charge >= 0.3 is 0 Å². The average Bonchev–Trinajstić information content (AvgIpc) is 3.06. The molecule has 4 aromatic rings. The molecular formula is C36H39BrClN3O5S. The lowest BCUT2D eigenvalue weighted by molar-refractivity contribution is -0.140. The number of hydrogen-bond donors (Lipinski definition) is 1. The molecule has 0 aromatic heterocycles. The van der Waals surface area contributed by atoms with Crippen molar-refractivity contribution < 1.29 is 22.7 Å². The van der Waals surface area contributed by atoms with Crippen LogP contribution in [0.2, 0.25) is 5.02 Å². The van der Waals surface area contributed by atoms with Crippen molar-refractivity contribution in [3.05, 3.63) is 124 Å². The topological polar surface area (TPSA) is 96.0 Å². The normalized spacial score (nSPS) is 12.5. The zero-order chi connectivity index (χ0) is 34.0. The summed E-state index contributed by atoms with van der Waals surface area (Å²) < 4.78 is 35.8. The molecule has 0 saturated carbocycles. The molecular weight excluding hydrogens is 702 g/mol. The van der Waals surface area contributed by atoms with Crippen molar-refractivity contribution in [3.8, 4) is 5.75 Å². The van der Waals surface area contributed by atoms with E-state index < -0.39 is 28.5 Å². The Balaban J connectivity index is 1.81. The highest BCUT2D eigenvalue weighted by molar-refractivity contribution is 9.10. The van der Waals surface area contributed by atoms with E-state index in [9.17, 15) is 18.0 Å². The van der Waals surface area contributed by atoms with E-state index in [1.54, 1.807) is 24.3 Å². The molecule has 0 aliphatic carbocycles. The third kappa shape index (κ3) is 9.82. The van der Waals surface area contributed by atoms with E-state index in [4.69, 9.17) is 16.3 Å². The Hall–Kier alpha value is -3.86. The van der Waals surface area contributed by atoms with Crippen LogP contribution in [0.3, 0.4) is 0 Å². The molecule has 4 aromatic carbocycles. The van der Waals surface area contributed by atoms with Gasteiger partial charge in [0.15, 0.2) is 0 Å². The Morgan fingerprint density at radius 2 is 1.55 bits per heavy atom. The van der Waals surface area contributed by atoms with Gasteiger partial charge in [0.2, 0.25) is 11.8 Å². The van der Waals surface area contributed by atoms with E-state index in [2.05, 4.69) is 21.2 Å². The van der Waals surface area contributed by atoms with Crippen LogP contribution in [-0.4, -0.2) is 50.4 Å². The first-order chi connectivity index (χ1) is 22.5. The van der Waals surface area contributed by atoms with Crippen molar-refractivity contribution in [2.45, 2.75) is 57.1 Å². The van der Waals surface area contributed by atoms with Crippen LogP contribution in [0.4, 0.5) is 5.69 Å². The summed E-state index contributed by atoms with van der Waals surface area (Å²) in [6.07, 6.45) is 0.935. The molecule has 0 heterocycles. The summed E-state index contributed by atoms with van der Waals surface area (Å²) in [5.74, 6) is -0.302. The SMILES string of the molecule is CCOc1ccc(N(CC(=O)N(Cc2cccc(Br)c2)[C@H](Cc2ccccc2)C(=O)N[C@@H](C)CC)S(=O)(=O)c2ccc(Cl)cc2)cc1. The Labute approximate surface area is 290 Å². The number of nitrogens with one attached hydrogen (secondary N) is 1. The van der Waals surface area contributed by atoms with Gasteiger partial charge in [-0.3, -0.25) is 13.9 Å². The van der Waals surface area contributed by atoms with Crippen LogP contribution in [0.1, 0.15) is 38.3 Å². The molecule has 1 N–H and O–H groups in total. The number of anilines is 1. The Morgan fingerprint density at radius 3 is 2.17 bits per heavy atom. The Morgan fingerprint density at radius 1 is 0.894 bits per heavy atom. The second kappa shape index (κ2) is 16.8.